The minimum absolute atomic E-state index is 0.182. The molecule has 1 aromatic heterocycles. The molecular weight excluding hydrogens is 254 g/mol. The van der Waals surface area contributed by atoms with Crippen molar-refractivity contribution in [3.8, 4) is 12.3 Å². The Balaban J connectivity index is 2.39. The van der Waals surface area contributed by atoms with Crippen LogP contribution in [0.4, 0.5) is 5.69 Å². The quantitative estimate of drug-likeness (QED) is 0.733. The monoisotopic (exact) mass is 267 g/mol. The van der Waals surface area contributed by atoms with Crippen LogP contribution >= 0.6 is 0 Å². The van der Waals surface area contributed by atoms with E-state index in [0.29, 0.717) is 13.2 Å². The second-order valence-electron chi connectivity index (χ2n) is 3.83. The van der Waals surface area contributed by atoms with E-state index < -0.39 is 10.0 Å². The zero-order valence-electron chi connectivity index (χ0n) is 9.67. The summed E-state index contributed by atoms with van der Waals surface area (Å²) in [6, 6.07) is 1.61. The molecule has 2 heterocycles. The summed E-state index contributed by atoms with van der Waals surface area (Å²) in [4.78, 5) is 5.89. The Kier molecular flexibility index (Phi) is 3.52. The molecule has 6 nitrogen and oxygen atoms in total. The zero-order chi connectivity index (χ0) is 13.2. The van der Waals surface area contributed by atoms with E-state index in [4.69, 9.17) is 16.3 Å². The largest absolute Gasteiger partial charge is 0.378 e. The van der Waals surface area contributed by atoms with Gasteiger partial charge in [-0.1, -0.05) is 5.92 Å². The summed E-state index contributed by atoms with van der Waals surface area (Å²) in [6.45, 7) is 2.70. The molecule has 1 aromatic rings. The molecule has 0 spiro atoms. The SMILES string of the molecule is C#Cc1cc(N2CCOCC2)cnc1S(N)(=O)=O. The predicted octanol–water partition coefficient (Wildman–Crippen LogP) is -0.453. The van der Waals surface area contributed by atoms with Crippen LogP contribution in [0, 0.1) is 12.3 Å². The number of ether oxygens (including phenoxy) is 1. The van der Waals surface area contributed by atoms with Gasteiger partial charge in [0.15, 0.2) is 5.03 Å². The second-order valence-corrected chi connectivity index (χ2v) is 5.31. The van der Waals surface area contributed by atoms with E-state index in [0.717, 1.165) is 18.8 Å². The van der Waals surface area contributed by atoms with Gasteiger partial charge in [-0.05, 0) is 6.07 Å². The van der Waals surface area contributed by atoms with Gasteiger partial charge in [-0.25, -0.2) is 18.5 Å². The van der Waals surface area contributed by atoms with Crippen LogP contribution in [0.25, 0.3) is 0 Å². The Morgan fingerprint density at radius 2 is 2.11 bits per heavy atom. The Morgan fingerprint density at radius 1 is 1.44 bits per heavy atom. The molecule has 0 unspecified atom stereocenters. The minimum atomic E-state index is -3.89. The third kappa shape index (κ3) is 2.61. The first kappa shape index (κ1) is 12.8. The molecule has 0 amide bonds. The van der Waals surface area contributed by atoms with E-state index >= 15 is 0 Å². The lowest BCUT2D eigenvalue weighted by atomic mass is 10.2. The summed E-state index contributed by atoms with van der Waals surface area (Å²) >= 11 is 0. The highest BCUT2D eigenvalue weighted by Gasteiger charge is 2.18. The molecule has 0 bridgehead atoms. The molecule has 7 heteroatoms. The first-order valence-electron chi connectivity index (χ1n) is 5.34. The van der Waals surface area contributed by atoms with Crippen LogP contribution in [0.15, 0.2) is 17.3 Å². The lowest BCUT2D eigenvalue weighted by Gasteiger charge is -2.28. The lowest BCUT2D eigenvalue weighted by molar-refractivity contribution is 0.122. The highest BCUT2D eigenvalue weighted by atomic mass is 32.2. The third-order valence-electron chi connectivity index (χ3n) is 2.64. The Morgan fingerprint density at radius 3 is 2.67 bits per heavy atom. The fourth-order valence-electron chi connectivity index (χ4n) is 1.77. The summed E-state index contributed by atoms with van der Waals surface area (Å²) in [7, 11) is -3.89. The lowest BCUT2D eigenvalue weighted by Crippen LogP contribution is -2.36. The van der Waals surface area contributed by atoms with Gasteiger partial charge in [-0.3, -0.25) is 0 Å². The number of pyridine rings is 1. The molecule has 0 radical (unpaired) electrons. The van der Waals surface area contributed by atoms with Gasteiger partial charge in [0, 0.05) is 13.1 Å². The van der Waals surface area contributed by atoms with Gasteiger partial charge in [0.1, 0.15) is 0 Å². The average molecular weight is 267 g/mol. The molecule has 0 aromatic carbocycles. The van der Waals surface area contributed by atoms with E-state index in [1.807, 2.05) is 4.90 Å². The van der Waals surface area contributed by atoms with Crippen molar-refractivity contribution < 1.29 is 13.2 Å². The molecule has 2 rings (SSSR count). The molecule has 18 heavy (non-hydrogen) atoms. The van der Waals surface area contributed by atoms with Crippen LogP contribution in [0.1, 0.15) is 5.56 Å². The van der Waals surface area contributed by atoms with Crippen LogP contribution in [0.5, 0.6) is 0 Å². The number of anilines is 1. The smallest absolute Gasteiger partial charge is 0.256 e. The van der Waals surface area contributed by atoms with Crippen molar-refractivity contribution in [3.05, 3.63) is 17.8 Å². The van der Waals surface area contributed by atoms with E-state index in [9.17, 15) is 8.42 Å². The third-order valence-corrected chi connectivity index (χ3v) is 3.50. The van der Waals surface area contributed by atoms with Gasteiger partial charge >= 0.3 is 0 Å². The number of terminal acetylenes is 1. The first-order valence-corrected chi connectivity index (χ1v) is 6.89. The minimum Gasteiger partial charge on any atom is -0.378 e. The fraction of sp³-hybridized carbons (Fsp3) is 0.364. The normalized spacial score (nSPS) is 16.3. The molecule has 2 N–H and O–H groups in total. The van der Waals surface area contributed by atoms with Crippen molar-refractivity contribution in [2.24, 2.45) is 5.14 Å². The number of sulfonamides is 1. The Hall–Kier alpha value is -1.62. The highest BCUT2D eigenvalue weighted by molar-refractivity contribution is 7.89. The molecule has 1 fully saturated rings. The number of nitrogens with two attached hydrogens (primary N) is 1. The standard InChI is InChI=1S/C11H13N3O3S/c1-2-9-7-10(14-3-5-17-6-4-14)8-13-11(9)18(12,15)16/h1,7-8H,3-6H2,(H2,12,15,16). The average Bonchev–Trinajstić information content (AvgIpc) is 2.38. The molecular formula is C11H13N3O3S. The maximum Gasteiger partial charge on any atom is 0.256 e. The van der Waals surface area contributed by atoms with Crippen LogP contribution in [-0.4, -0.2) is 39.7 Å². The molecule has 0 atom stereocenters. The summed E-state index contributed by atoms with van der Waals surface area (Å²) in [5.41, 5.74) is 0.958. The van der Waals surface area contributed by atoms with Crippen LogP contribution in [0.2, 0.25) is 0 Å². The Labute approximate surface area is 106 Å². The van der Waals surface area contributed by atoms with Crippen molar-refractivity contribution in [1.82, 2.24) is 4.98 Å². The van der Waals surface area contributed by atoms with Crippen molar-refractivity contribution in [1.29, 1.82) is 0 Å². The van der Waals surface area contributed by atoms with Gasteiger partial charge in [-0.2, -0.15) is 0 Å². The van der Waals surface area contributed by atoms with Gasteiger partial charge in [-0.15, -0.1) is 6.42 Å². The first-order chi connectivity index (χ1) is 8.52. The molecule has 96 valence electrons. The molecule has 0 saturated carbocycles. The van der Waals surface area contributed by atoms with Crippen LogP contribution < -0.4 is 10.0 Å². The molecule has 0 aliphatic carbocycles. The van der Waals surface area contributed by atoms with Gasteiger partial charge in [0.25, 0.3) is 10.0 Å². The van der Waals surface area contributed by atoms with Gasteiger partial charge < -0.3 is 9.64 Å². The maximum absolute atomic E-state index is 11.3. The summed E-state index contributed by atoms with van der Waals surface area (Å²) in [5.74, 6) is 2.30. The van der Waals surface area contributed by atoms with E-state index in [1.54, 1.807) is 6.07 Å². The van der Waals surface area contributed by atoms with Gasteiger partial charge in [0.05, 0.1) is 30.7 Å². The van der Waals surface area contributed by atoms with Crippen molar-refractivity contribution >= 4 is 15.7 Å². The summed E-state index contributed by atoms with van der Waals surface area (Å²) in [5, 5.41) is 4.78. The fourth-order valence-corrected chi connectivity index (χ4v) is 2.39. The number of morpholine rings is 1. The molecule has 1 saturated heterocycles. The zero-order valence-corrected chi connectivity index (χ0v) is 10.5. The molecule has 1 aliphatic rings. The topological polar surface area (TPSA) is 85.5 Å². The molecule has 1 aliphatic heterocycles. The highest BCUT2D eigenvalue weighted by Crippen LogP contribution is 2.20. The van der Waals surface area contributed by atoms with Crippen molar-refractivity contribution in [2.75, 3.05) is 31.2 Å². The number of primary sulfonamides is 1. The number of nitrogens with zero attached hydrogens (tertiary/aromatic N) is 2. The van der Waals surface area contributed by atoms with Crippen molar-refractivity contribution in [2.45, 2.75) is 5.03 Å². The number of hydrogen-bond donors (Lipinski definition) is 1. The number of hydrogen-bond acceptors (Lipinski definition) is 5. The summed E-state index contributed by atoms with van der Waals surface area (Å²) < 4.78 is 27.8. The van der Waals surface area contributed by atoms with Crippen LogP contribution in [0.3, 0.4) is 0 Å². The van der Waals surface area contributed by atoms with Crippen LogP contribution in [-0.2, 0) is 14.8 Å². The van der Waals surface area contributed by atoms with Gasteiger partial charge in [0.2, 0.25) is 0 Å². The van der Waals surface area contributed by atoms with Crippen molar-refractivity contribution in [3.63, 3.8) is 0 Å². The Bertz CT molecular complexity index is 586. The second kappa shape index (κ2) is 4.94. The van der Waals surface area contributed by atoms with E-state index in [2.05, 4.69) is 10.9 Å². The van der Waals surface area contributed by atoms with E-state index in [-0.39, 0.29) is 10.6 Å². The summed E-state index contributed by atoms with van der Waals surface area (Å²) in [6.07, 6.45) is 6.76. The predicted molar refractivity (Wildman–Crippen MR) is 66.6 cm³/mol. The number of aromatic nitrogens is 1. The maximum atomic E-state index is 11.3. The van der Waals surface area contributed by atoms with E-state index in [1.165, 1.54) is 6.20 Å². The number of rotatable bonds is 2.